The van der Waals surface area contributed by atoms with Gasteiger partial charge in [-0.15, -0.1) is 0 Å². The second-order valence-electron chi connectivity index (χ2n) is 13.4. The number of rotatable bonds is 2. The average Bonchev–Trinajstić information content (AvgIpc) is 3.33. The molecule has 0 saturated heterocycles. The van der Waals surface area contributed by atoms with E-state index in [0.717, 1.165) is 6.07 Å². The highest BCUT2D eigenvalue weighted by molar-refractivity contribution is 6.21. The SMILES string of the molecule is COC1C=CO[C@@]2(C)Oc3c(C)c(O)c4c(O)c(cc(O)c4c3C2=O)NC(=O)C(C)=CC=C[C@H](C)C(O)[C@@H](C)[C@@H](O)[C@@H](C)[C@H](OC(C)=O)[C@@H]1C. The topological polar surface area (TPSA) is 201 Å². The number of ketones is 1. The van der Waals surface area contributed by atoms with Crippen LogP contribution in [-0.4, -0.2) is 80.5 Å². The number of Topliss-reactive ketones (excluding diaryl/α,β-unsaturated/α-hetero) is 1. The molecule has 1 amide bonds. The molecule has 272 valence electrons. The van der Waals surface area contributed by atoms with E-state index in [0.29, 0.717) is 0 Å². The summed E-state index contributed by atoms with van der Waals surface area (Å²) in [6.07, 6.45) is 3.62. The summed E-state index contributed by atoms with van der Waals surface area (Å²) in [7, 11) is 1.43. The van der Waals surface area contributed by atoms with E-state index in [1.807, 2.05) is 0 Å². The molecule has 50 heavy (non-hydrogen) atoms. The van der Waals surface area contributed by atoms with Gasteiger partial charge in [0.1, 0.15) is 23.4 Å². The Bertz CT molecular complexity index is 1760. The molecular formula is C37H47NO12. The quantitative estimate of drug-likeness (QED) is 0.143. The fourth-order valence-corrected chi connectivity index (χ4v) is 6.65. The standard InChI is InChI=1S/C37H47NO12/c1-16-11-10-12-17(2)36(46)38-23-15-24(40)26-27(32(23)44)31(43)21(6)34-28(26)35(45)37(8,50-34)48-14-13-25(47-9)18(3)33(49-22(7)39)20(5)30(42)19(4)29(16)41/h10-16,18-20,25,29-30,33,40-44H,1-9H3,(H,38,46)/t16-,18+,19+,20+,25?,29?,30+,33+,37-/m0/s1. The monoisotopic (exact) mass is 697 g/mol. The lowest BCUT2D eigenvalue weighted by Gasteiger charge is -2.38. The highest BCUT2D eigenvalue weighted by Crippen LogP contribution is 2.53. The molecule has 0 aromatic heterocycles. The highest BCUT2D eigenvalue weighted by atomic mass is 16.7. The number of hydrogen-bond donors (Lipinski definition) is 6. The Hall–Kier alpha value is -4.59. The third-order valence-corrected chi connectivity index (χ3v) is 9.84. The van der Waals surface area contributed by atoms with Crippen LogP contribution in [-0.2, 0) is 23.8 Å². The second kappa shape index (κ2) is 14.7. The van der Waals surface area contributed by atoms with E-state index in [9.17, 15) is 39.9 Å². The number of amides is 1. The van der Waals surface area contributed by atoms with Gasteiger partial charge in [-0.25, -0.2) is 0 Å². The predicted molar refractivity (Wildman–Crippen MR) is 184 cm³/mol. The van der Waals surface area contributed by atoms with Crippen molar-refractivity contribution in [3.05, 3.63) is 53.3 Å². The first-order valence-corrected chi connectivity index (χ1v) is 16.4. The summed E-state index contributed by atoms with van der Waals surface area (Å²) in [6, 6.07) is 1.06. The average molecular weight is 698 g/mol. The van der Waals surface area contributed by atoms with Crippen LogP contribution in [0.2, 0.25) is 0 Å². The van der Waals surface area contributed by atoms with Crippen molar-refractivity contribution in [2.75, 3.05) is 12.4 Å². The summed E-state index contributed by atoms with van der Waals surface area (Å²) in [4.78, 5) is 39.2. The Morgan fingerprint density at radius 3 is 2.22 bits per heavy atom. The van der Waals surface area contributed by atoms with Gasteiger partial charge in [0, 0.05) is 67.2 Å². The molecule has 2 unspecified atom stereocenters. The molecular weight excluding hydrogens is 650 g/mol. The van der Waals surface area contributed by atoms with Crippen LogP contribution in [0.15, 0.2) is 42.2 Å². The molecule has 0 saturated carbocycles. The van der Waals surface area contributed by atoms with E-state index in [4.69, 9.17) is 18.9 Å². The zero-order valence-corrected chi connectivity index (χ0v) is 29.7. The third-order valence-electron chi connectivity index (χ3n) is 9.84. The summed E-state index contributed by atoms with van der Waals surface area (Å²) < 4.78 is 23.2. The van der Waals surface area contributed by atoms with Crippen LogP contribution in [0.5, 0.6) is 23.0 Å². The van der Waals surface area contributed by atoms with Crippen molar-refractivity contribution in [1.82, 2.24) is 0 Å². The number of aromatic hydroxyl groups is 3. The smallest absolute Gasteiger partial charge is 0.312 e. The number of benzene rings is 2. The molecule has 5 rings (SSSR count). The van der Waals surface area contributed by atoms with E-state index < -0.39 is 88.8 Å². The zero-order valence-electron chi connectivity index (χ0n) is 29.7. The van der Waals surface area contributed by atoms with Crippen LogP contribution in [0, 0.1) is 30.6 Å². The number of phenols is 3. The molecule has 2 aromatic rings. The molecule has 3 aliphatic rings. The number of methoxy groups -OCH3 is 1. The number of ether oxygens (including phenoxy) is 4. The van der Waals surface area contributed by atoms with Gasteiger partial charge in [0.15, 0.2) is 5.75 Å². The molecule has 13 nitrogen and oxygen atoms in total. The first-order chi connectivity index (χ1) is 23.4. The van der Waals surface area contributed by atoms with E-state index >= 15 is 0 Å². The van der Waals surface area contributed by atoms with Gasteiger partial charge in [0.2, 0.25) is 0 Å². The van der Waals surface area contributed by atoms with Crippen molar-refractivity contribution in [2.45, 2.75) is 85.6 Å². The lowest BCUT2D eigenvalue weighted by molar-refractivity contribution is -0.160. The second-order valence-corrected chi connectivity index (χ2v) is 13.4. The zero-order chi connectivity index (χ0) is 37.4. The molecule has 0 aliphatic carbocycles. The van der Waals surface area contributed by atoms with Crippen molar-refractivity contribution in [2.24, 2.45) is 23.7 Å². The summed E-state index contributed by atoms with van der Waals surface area (Å²) in [6.45, 7) is 12.5. The number of anilines is 1. The Labute approximate surface area is 290 Å². The lowest BCUT2D eigenvalue weighted by atomic mass is 9.78. The van der Waals surface area contributed by atoms with Gasteiger partial charge in [-0.3, -0.25) is 14.4 Å². The normalized spacial score (nSPS) is 30.9. The van der Waals surface area contributed by atoms with Crippen molar-refractivity contribution in [3.8, 4) is 23.0 Å². The van der Waals surface area contributed by atoms with E-state index in [1.54, 1.807) is 39.8 Å². The summed E-state index contributed by atoms with van der Waals surface area (Å²) in [5.74, 6) is -7.99. The number of nitrogens with one attached hydrogen (secondary N) is 1. The maximum atomic E-state index is 13.9. The van der Waals surface area contributed by atoms with Gasteiger partial charge in [-0.2, -0.15) is 0 Å². The number of aliphatic hydroxyl groups excluding tert-OH is 2. The maximum absolute atomic E-state index is 13.9. The van der Waals surface area contributed by atoms with Gasteiger partial charge >= 0.3 is 11.8 Å². The van der Waals surface area contributed by atoms with Crippen LogP contribution in [0.3, 0.4) is 0 Å². The molecule has 0 radical (unpaired) electrons. The van der Waals surface area contributed by atoms with Crippen molar-refractivity contribution >= 4 is 34.1 Å². The number of carbonyl (C=O) groups excluding carboxylic acids is 3. The van der Waals surface area contributed by atoms with Crippen LogP contribution in [0.25, 0.3) is 10.8 Å². The molecule has 3 aliphatic heterocycles. The van der Waals surface area contributed by atoms with E-state index in [1.165, 1.54) is 53.2 Å². The van der Waals surface area contributed by atoms with Crippen molar-refractivity contribution in [3.63, 3.8) is 0 Å². The molecule has 0 fully saturated rings. The first kappa shape index (κ1) is 38.2. The number of hydrogen-bond acceptors (Lipinski definition) is 12. The lowest BCUT2D eigenvalue weighted by Crippen LogP contribution is -2.46. The van der Waals surface area contributed by atoms with E-state index in [2.05, 4.69) is 5.32 Å². The van der Waals surface area contributed by atoms with Crippen LogP contribution < -0.4 is 10.1 Å². The summed E-state index contributed by atoms with van der Waals surface area (Å²) in [5, 5.41) is 58.2. The number of allylic oxidation sites excluding steroid dienone is 2. The molecule has 0 spiro atoms. The predicted octanol–water partition coefficient (Wildman–Crippen LogP) is 4.75. The van der Waals surface area contributed by atoms with Crippen LogP contribution in [0.4, 0.5) is 5.69 Å². The van der Waals surface area contributed by atoms with Gasteiger partial charge in [0.25, 0.3) is 11.7 Å². The minimum atomic E-state index is -1.98. The molecule has 9 atom stereocenters. The first-order valence-electron chi connectivity index (χ1n) is 16.4. The number of carbonyl (C=O) groups is 3. The highest BCUT2D eigenvalue weighted by Gasteiger charge is 2.49. The van der Waals surface area contributed by atoms with Crippen molar-refractivity contribution in [1.29, 1.82) is 0 Å². The van der Waals surface area contributed by atoms with Crippen LogP contribution >= 0.6 is 0 Å². The molecule has 3 heterocycles. The Balaban J connectivity index is 1.87. The number of aliphatic hydroxyl groups is 2. The fraction of sp³-hybridized carbons (Fsp3) is 0.486. The van der Waals surface area contributed by atoms with Crippen molar-refractivity contribution < 1.29 is 58.9 Å². The summed E-state index contributed by atoms with van der Waals surface area (Å²) >= 11 is 0. The molecule has 13 heteroatoms. The Morgan fingerprint density at radius 1 is 0.940 bits per heavy atom. The van der Waals surface area contributed by atoms with E-state index in [-0.39, 0.29) is 38.9 Å². The summed E-state index contributed by atoms with van der Waals surface area (Å²) in [5.41, 5.74) is -0.0929. The number of esters is 1. The van der Waals surface area contributed by atoms with Crippen LogP contribution in [0.1, 0.15) is 64.4 Å². The fourth-order valence-electron chi connectivity index (χ4n) is 6.65. The van der Waals surface area contributed by atoms with Gasteiger partial charge in [-0.05, 0) is 19.9 Å². The maximum Gasteiger partial charge on any atom is 0.312 e. The largest absolute Gasteiger partial charge is 0.507 e. The van der Waals surface area contributed by atoms with Gasteiger partial charge in [0.05, 0.1) is 41.2 Å². The molecule has 5 bridgehead atoms. The third kappa shape index (κ3) is 7.03. The number of phenolic OH excluding ortho intramolecular Hbond substituents is 3. The molecule has 6 N–H and O–H groups in total. The number of fused-ring (bicyclic) bond motifs is 14. The minimum Gasteiger partial charge on any atom is -0.507 e. The van der Waals surface area contributed by atoms with Gasteiger partial charge < -0.3 is 49.8 Å². The Morgan fingerprint density at radius 2 is 1.60 bits per heavy atom. The van der Waals surface area contributed by atoms with Gasteiger partial charge in [-0.1, -0.05) is 45.9 Å². The minimum absolute atomic E-state index is 0.0709. The molecule has 2 aromatic carbocycles. The Kier molecular flexibility index (Phi) is 11.2.